The second-order valence-electron chi connectivity index (χ2n) is 3.81. The lowest BCUT2D eigenvalue weighted by atomic mass is 10.0. The molecule has 0 unspecified atom stereocenters. The van der Waals surface area contributed by atoms with Gasteiger partial charge in [-0.25, -0.2) is 0 Å². The van der Waals surface area contributed by atoms with E-state index >= 15 is 0 Å². The van der Waals surface area contributed by atoms with E-state index in [-0.39, 0.29) is 28.7 Å². The van der Waals surface area contributed by atoms with Crippen LogP contribution in [0.4, 0.5) is 0 Å². The largest absolute Gasteiger partial charge is 0.507 e. The summed E-state index contributed by atoms with van der Waals surface area (Å²) < 4.78 is 0. The van der Waals surface area contributed by atoms with Gasteiger partial charge in [0.2, 0.25) is 0 Å². The molecule has 0 heterocycles. The number of phenolic OH excluding ortho intramolecular Hbond substituents is 2. The molecule has 0 aliphatic carbocycles. The molecular formula is C14H11ClO3. The number of ketones is 1. The first kappa shape index (κ1) is 12.5. The lowest BCUT2D eigenvalue weighted by Gasteiger charge is -2.07. The number of hydrogen-bond acceptors (Lipinski definition) is 3. The summed E-state index contributed by atoms with van der Waals surface area (Å²) in [6.45, 7) is 0. The number of rotatable bonds is 3. The topological polar surface area (TPSA) is 57.5 Å². The Kier molecular flexibility index (Phi) is 3.53. The maximum atomic E-state index is 11.4. The van der Waals surface area contributed by atoms with Crippen LogP contribution in [0.25, 0.3) is 11.1 Å². The number of aromatic hydroxyl groups is 2. The Bertz CT molecular complexity index is 593. The lowest BCUT2D eigenvalue weighted by molar-refractivity contribution is 0.101. The molecular weight excluding hydrogens is 252 g/mol. The van der Waals surface area contributed by atoms with Gasteiger partial charge < -0.3 is 10.2 Å². The van der Waals surface area contributed by atoms with E-state index in [1.807, 2.05) is 0 Å². The molecule has 0 radical (unpaired) electrons. The van der Waals surface area contributed by atoms with Gasteiger partial charge in [-0.1, -0.05) is 24.3 Å². The number of para-hydroxylation sites is 1. The highest BCUT2D eigenvalue weighted by Crippen LogP contribution is 2.32. The maximum Gasteiger partial charge on any atom is 0.181 e. The summed E-state index contributed by atoms with van der Waals surface area (Å²) >= 11 is 5.44. The fourth-order valence-corrected chi connectivity index (χ4v) is 1.87. The Labute approximate surface area is 109 Å². The van der Waals surface area contributed by atoms with E-state index < -0.39 is 0 Å². The third kappa shape index (κ3) is 2.31. The van der Waals surface area contributed by atoms with E-state index in [9.17, 15) is 15.0 Å². The highest BCUT2D eigenvalue weighted by Gasteiger charge is 2.12. The number of benzene rings is 2. The molecule has 3 nitrogen and oxygen atoms in total. The van der Waals surface area contributed by atoms with Crippen LogP contribution in [0, 0.1) is 0 Å². The van der Waals surface area contributed by atoms with Gasteiger partial charge in [-0.2, -0.15) is 0 Å². The summed E-state index contributed by atoms with van der Waals surface area (Å²) in [6, 6.07) is 11.4. The van der Waals surface area contributed by atoms with Gasteiger partial charge in [0.15, 0.2) is 5.78 Å². The monoisotopic (exact) mass is 262 g/mol. The maximum absolute atomic E-state index is 11.4. The first-order valence-corrected chi connectivity index (χ1v) is 5.87. The van der Waals surface area contributed by atoms with E-state index in [1.54, 1.807) is 30.3 Å². The Morgan fingerprint density at radius 2 is 1.78 bits per heavy atom. The van der Waals surface area contributed by atoms with Gasteiger partial charge in [0, 0.05) is 5.56 Å². The number of phenols is 2. The summed E-state index contributed by atoms with van der Waals surface area (Å²) in [5, 5.41) is 19.5. The first-order chi connectivity index (χ1) is 8.63. The van der Waals surface area contributed by atoms with Crippen molar-refractivity contribution in [2.24, 2.45) is 0 Å². The van der Waals surface area contributed by atoms with Crippen molar-refractivity contribution in [2.45, 2.75) is 0 Å². The fourth-order valence-electron chi connectivity index (χ4n) is 1.72. The summed E-state index contributed by atoms with van der Waals surface area (Å²) in [6.07, 6.45) is 0. The molecule has 0 bridgehead atoms. The third-order valence-corrected chi connectivity index (χ3v) is 2.88. The van der Waals surface area contributed by atoms with Crippen LogP contribution in [0.1, 0.15) is 10.4 Å². The van der Waals surface area contributed by atoms with Crippen molar-refractivity contribution < 1.29 is 15.0 Å². The minimum Gasteiger partial charge on any atom is -0.507 e. The van der Waals surface area contributed by atoms with Gasteiger partial charge in [0.05, 0.1) is 11.4 Å². The van der Waals surface area contributed by atoms with Crippen LogP contribution < -0.4 is 0 Å². The van der Waals surface area contributed by atoms with E-state index in [2.05, 4.69) is 0 Å². The van der Waals surface area contributed by atoms with Crippen molar-refractivity contribution in [2.75, 3.05) is 5.88 Å². The van der Waals surface area contributed by atoms with E-state index in [0.29, 0.717) is 11.1 Å². The Balaban J connectivity index is 2.47. The van der Waals surface area contributed by atoms with Crippen LogP contribution >= 0.6 is 11.6 Å². The molecule has 2 aromatic rings. The van der Waals surface area contributed by atoms with Gasteiger partial charge in [-0.15, -0.1) is 11.6 Å². The molecule has 18 heavy (non-hydrogen) atoms. The van der Waals surface area contributed by atoms with Crippen LogP contribution in [0.2, 0.25) is 0 Å². The number of hydrogen-bond donors (Lipinski definition) is 2. The standard InChI is InChI=1S/C14H11ClO3/c15-8-14(18)11-6-5-9(7-13(11)17)10-3-1-2-4-12(10)16/h1-7,16-17H,8H2. The predicted molar refractivity (Wildman–Crippen MR) is 70.3 cm³/mol. The molecule has 2 rings (SSSR count). The minimum absolute atomic E-state index is 0.119. The van der Waals surface area contributed by atoms with Crippen LogP contribution in [0.3, 0.4) is 0 Å². The van der Waals surface area contributed by atoms with Crippen molar-refractivity contribution in [3.8, 4) is 22.6 Å². The summed E-state index contributed by atoms with van der Waals surface area (Å²) in [7, 11) is 0. The molecule has 0 saturated heterocycles. The van der Waals surface area contributed by atoms with E-state index in [4.69, 9.17) is 11.6 Å². The molecule has 2 aromatic carbocycles. The van der Waals surface area contributed by atoms with Crippen LogP contribution in [-0.2, 0) is 0 Å². The quantitative estimate of drug-likeness (QED) is 0.660. The van der Waals surface area contributed by atoms with Crippen LogP contribution in [-0.4, -0.2) is 21.9 Å². The lowest BCUT2D eigenvalue weighted by Crippen LogP contribution is -2.00. The number of halogens is 1. The molecule has 0 spiro atoms. The van der Waals surface area contributed by atoms with Gasteiger partial charge in [-0.05, 0) is 23.8 Å². The molecule has 0 atom stereocenters. The molecule has 0 saturated carbocycles. The van der Waals surface area contributed by atoms with Crippen molar-refractivity contribution in [1.82, 2.24) is 0 Å². The summed E-state index contributed by atoms with van der Waals surface area (Å²) in [5.74, 6) is -0.531. The van der Waals surface area contributed by atoms with E-state index in [0.717, 1.165) is 0 Å². The van der Waals surface area contributed by atoms with Crippen molar-refractivity contribution in [1.29, 1.82) is 0 Å². The molecule has 0 aromatic heterocycles. The minimum atomic E-state index is -0.335. The fraction of sp³-hybridized carbons (Fsp3) is 0.0714. The molecule has 2 N–H and O–H groups in total. The highest BCUT2D eigenvalue weighted by molar-refractivity contribution is 6.30. The Morgan fingerprint density at radius 1 is 1.06 bits per heavy atom. The third-order valence-electron chi connectivity index (χ3n) is 2.63. The molecule has 92 valence electrons. The smallest absolute Gasteiger partial charge is 0.181 e. The first-order valence-electron chi connectivity index (χ1n) is 5.34. The average molecular weight is 263 g/mol. The Hall–Kier alpha value is -2.00. The van der Waals surface area contributed by atoms with Gasteiger partial charge in [0.1, 0.15) is 11.5 Å². The van der Waals surface area contributed by atoms with Gasteiger partial charge in [-0.3, -0.25) is 4.79 Å². The van der Waals surface area contributed by atoms with Gasteiger partial charge in [0.25, 0.3) is 0 Å². The average Bonchev–Trinajstić information content (AvgIpc) is 2.38. The normalized spacial score (nSPS) is 10.3. The number of carbonyl (C=O) groups is 1. The molecule has 0 aliphatic rings. The zero-order valence-corrected chi connectivity index (χ0v) is 10.2. The highest BCUT2D eigenvalue weighted by atomic mass is 35.5. The zero-order valence-electron chi connectivity index (χ0n) is 9.43. The zero-order chi connectivity index (χ0) is 13.1. The summed E-state index contributed by atoms with van der Waals surface area (Å²) in [5.41, 5.74) is 1.42. The second-order valence-corrected chi connectivity index (χ2v) is 4.07. The van der Waals surface area contributed by atoms with Crippen molar-refractivity contribution in [3.05, 3.63) is 48.0 Å². The van der Waals surface area contributed by atoms with Crippen molar-refractivity contribution in [3.63, 3.8) is 0 Å². The predicted octanol–water partition coefficient (Wildman–Crippen LogP) is 3.19. The second kappa shape index (κ2) is 5.10. The molecule has 4 heteroatoms. The van der Waals surface area contributed by atoms with Crippen LogP contribution in [0.15, 0.2) is 42.5 Å². The van der Waals surface area contributed by atoms with E-state index in [1.165, 1.54) is 12.1 Å². The van der Waals surface area contributed by atoms with Crippen LogP contribution in [0.5, 0.6) is 11.5 Å². The number of carbonyl (C=O) groups excluding carboxylic acids is 1. The number of Topliss-reactive ketones (excluding diaryl/α,β-unsaturated/α-hetero) is 1. The molecule has 0 amide bonds. The van der Waals surface area contributed by atoms with Gasteiger partial charge >= 0.3 is 0 Å². The van der Waals surface area contributed by atoms with Crippen molar-refractivity contribution >= 4 is 17.4 Å². The number of alkyl halides is 1. The SMILES string of the molecule is O=C(CCl)c1ccc(-c2ccccc2O)cc1O. The molecule has 0 fully saturated rings. The molecule has 0 aliphatic heterocycles. The summed E-state index contributed by atoms with van der Waals surface area (Å²) in [4.78, 5) is 11.4. The Morgan fingerprint density at radius 3 is 2.39 bits per heavy atom.